The second-order valence-corrected chi connectivity index (χ2v) is 4.57. The summed E-state index contributed by atoms with van der Waals surface area (Å²) in [7, 11) is 1.96. The average Bonchev–Trinajstić information content (AvgIpc) is 2.67. The number of rotatable bonds is 4. The SMILES string of the molecule is CNCc1ccccc1Cn1cc(Br)cn1. The van der Waals surface area contributed by atoms with E-state index in [-0.39, 0.29) is 0 Å². The molecule has 84 valence electrons. The van der Waals surface area contributed by atoms with Gasteiger partial charge in [0.05, 0.1) is 17.2 Å². The quantitative estimate of drug-likeness (QED) is 0.932. The van der Waals surface area contributed by atoms with Crippen molar-refractivity contribution in [3.63, 3.8) is 0 Å². The number of halogens is 1. The smallest absolute Gasteiger partial charge is 0.0662 e. The van der Waals surface area contributed by atoms with Crippen molar-refractivity contribution in [1.82, 2.24) is 15.1 Å². The molecule has 4 heteroatoms. The molecular formula is C12H14BrN3. The summed E-state index contributed by atoms with van der Waals surface area (Å²) in [4.78, 5) is 0. The second-order valence-electron chi connectivity index (χ2n) is 3.66. The van der Waals surface area contributed by atoms with Gasteiger partial charge in [-0.05, 0) is 34.1 Å². The van der Waals surface area contributed by atoms with Crippen LogP contribution in [0.2, 0.25) is 0 Å². The van der Waals surface area contributed by atoms with Gasteiger partial charge in [-0.2, -0.15) is 5.10 Å². The van der Waals surface area contributed by atoms with E-state index in [1.165, 1.54) is 11.1 Å². The number of benzene rings is 1. The standard InChI is InChI=1S/C12H14BrN3/c1-14-6-10-4-2-3-5-11(10)8-16-9-12(13)7-15-16/h2-5,7,9,14H,6,8H2,1H3. The lowest BCUT2D eigenvalue weighted by molar-refractivity contribution is 0.675. The number of aromatic nitrogens is 2. The molecular weight excluding hydrogens is 266 g/mol. The van der Waals surface area contributed by atoms with Gasteiger partial charge in [0.1, 0.15) is 0 Å². The van der Waals surface area contributed by atoms with Gasteiger partial charge in [-0.1, -0.05) is 24.3 Å². The van der Waals surface area contributed by atoms with Crippen LogP contribution in [-0.2, 0) is 13.1 Å². The zero-order chi connectivity index (χ0) is 11.4. The number of nitrogens with one attached hydrogen (secondary N) is 1. The van der Waals surface area contributed by atoms with E-state index in [1.807, 2.05) is 17.9 Å². The highest BCUT2D eigenvalue weighted by atomic mass is 79.9. The maximum absolute atomic E-state index is 4.26. The summed E-state index contributed by atoms with van der Waals surface area (Å²) in [6.45, 7) is 1.70. The molecule has 1 heterocycles. The summed E-state index contributed by atoms with van der Waals surface area (Å²) in [5.74, 6) is 0. The molecule has 0 saturated carbocycles. The van der Waals surface area contributed by atoms with E-state index in [1.54, 1.807) is 6.20 Å². The lowest BCUT2D eigenvalue weighted by atomic mass is 10.1. The molecule has 0 unspecified atom stereocenters. The molecule has 0 amide bonds. The molecule has 2 aromatic rings. The van der Waals surface area contributed by atoms with Gasteiger partial charge in [0.25, 0.3) is 0 Å². The average molecular weight is 280 g/mol. The molecule has 0 spiro atoms. The Hall–Kier alpha value is -1.13. The predicted molar refractivity (Wildman–Crippen MR) is 68.2 cm³/mol. The molecule has 3 nitrogen and oxygen atoms in total. The van der Waals surface area contributed by atoms with Gasteiger partial charge in [-0.3, -0.25) is 4.68 Å². The van der Waals surface area contributed by atoms with Gasteiger partial charge in [0.2, 0.25) is 0 Å². The third-order valence-electron chi connectivity index (χ3n) is 2.42. The van der Waals surface area contributed by atoms with Crippen LogP contribution >= 0.6 is 15.9 Å². The highest BCUT2D eigenvalue weighted by Crippen LogP contribution is 2.12. The Morgan fingerprint density at radius 3 is 2.69 bits per heavy atom. The normalized spacial score (nSPS) is 10.6. The molecule has 0 radical (unpaired) electrons. The number of nitrogens with zero attached hydrogens (tertiary/aromatic N) is 2. The summed E-state index contributed by atoms with van der Waals surface area (Å²) in [5, 5.41) is 7.44. The van der Waals surface area contributed by atoms with E-state index >= 15 is 0 Å². The highest BCUT2D eigenvalue weighted by molar-refractivity contribution is 9.10. The molecule has 0 aliphatic carbocycles. The fourth-order valence-corrected chi connectivity index (χ4v) is 2.00. The van der Waals surface area contributed by atoms with Crippen LogP contribution in [0.25, 0.3) is 0 Å². The van der Waals surface area contributed by atoms with Crippen LogP contribution in [0.5, 0.6) is 0 Å². The van der Waals surface area contributed by atoms with Crippen LogP contribution in [-0.4, -0.2) is 16.8 Å². The minimum absolute atomic E-state index is 0.809. The Balaban J connectivity index is 2.20. The van der Waals surface area contributed by atoms with Crippen molar-refractivity contribution in [3.05, 3.63) is 52.3 Å². The van der Waals surface area contributed by atoms with Crippen LogP contribution in [0.4, 0.5) is 0 Å². The van der Waals surface area contributed by atoms with Gasteiger partial charge in [0.15, 0.2) is 0 Å². The summed E-state index contributed by atoms with van der Waals surface area (Å²) >= 11 is 3.40. The Kier molecular flexibility index (Phi) is 3.74. The summed E-state index contributed by atoms with van der Waals surface area (Å²) < 4.78 is 2.94. The van der Waals surface area contributed by atoms with Crippen LogP contribution in [0, 0.1) is 0 Å². The maximum atomic E-state index is 4.26. The molecule has 1 N–H and O–H groups in total. The first kappa shape index (κ1) is 11.4. The van der Waals surface area contributed by atoms with Gasteiger partial charge >= 0.3 is 0 Å². The van der Waals surface area contributed by atoms with Crippen molar-refractivity contribution in [2.24, 2.45) is 0 Å². The van der Waals surface area contributed by atoms with Crippen molar-refractivity contribution in [2.75, 3.05) is 7.05 Å². The molecule has 0 bridgehead atoms. The molecule has 1 aromatic carbocycles. The Morgan fingerprint density at radius 2 is 2.06 bits per heavy atom. The largest absolute Gasteiger partial charge is 0.316 e. The molecule has 0 atom stereocenters. The lowest BCUT2D eigenvalue weighted by Crippen LogP contribution is -2.10. The minimum Gasteiger partial charge on any atom is -0.316 e. The number of hydrogen-bond donors (Lipinski definition) is 1. The molecule has 0 aliphatic heterocycles. The van der Waals surface area contributed by atoms with E-state index in [0.29, 0.717) is 0 Å². The molecule has 0 fully saturated rings. The van der Waals surface area contributed by atoms with Crippen LogP contribution in [0.3, 0.4) is 0 Å². The van der Waals surface area contributed by atoms with E-state index in [0.717, 1.165) is 17.6 Å². The molecule has 1 aromatic heterocycles. The molecule has 0 saturated heterocycles. The zero-order valence-electron chi connectivity index (χ0n) is 9.15. The van der Waals surface area contributed by atoms with Crippen LogP contribution in [0.15, 0.2) is 41.1 Å². The first-order valence-corrected chi connectivity index (χ1v) is 5.98. The lowest BCUT2D eigenvalue weighted by Gasteiger charge is -2.08. The number of hydrogen-bond acceptors (Lipinski definition) is 2. The van der Waals surface area contributed by atoms with Gasteiger partial charge in [-0.15, -0.1) is 0 Å². The Labute approximate surface area is 104 Å². The first-order chi connectivity index (χ1) is 7.79. The molecule has 0 aliphatic rings. The van der Waals surface area contributed by atoms with Crippen molar-refractivity contribution < 1.29 is 0 Å². The van der Waals surface area contributed by atoms with Crippen LogP contribution in [0.1, 0.15) is 11.1 Å². The molecule has 16 heavy (non-hydrogen) atoms. The fraction of sp³-hybridized carbons (Fsp3) is 0.250. The summed E-state index contributed by atoms with van der Waals surface area (Å²) in [6.07, 6.45) is 3.79. The van der Waals surface area contributed by atoms with Crippen molar-refractivity contribution in [1.29, 1.82) is 0 Å². The van der Waals surface area contributed by atoms with Crippen molar-refractivity contribution >= 4 is 15.9 Å². The molecule has 2 rings (SSSR count). The monoisotopic (exact) mass is 279 g/mol. The van der Waals surface area contributed by atoms with Crippen LogP contribution < -0.4 is 5.32 Å². The minimum atomic E-state index is 0.809. The van der Waals surface area contributed by atoms with Crippen molar-refractivity contribution in [2.45, 2.75) is 13.1 Å². The predicted octanol–water partition coefficient (Wildman–Crippen LogP) is 2.41. The van der Waals surface area contributed by atoms with Crippen molar-refractivity contribution in [3.8, 4) is 0 Å². The highest BCUT2D eigenvalue weighted by Gasteiger charge is 2.02. The van der Waals surface area contributed by atoms with E-state index < -0.39 is 0 Å². The van der Waals surface area contributed by atoms with E-state index in [2.05, 4.69) is 50.6 Å². The topological polar surface area (TPSA) is 29.9 Å². The van der Waals surface area contributed by atoms with Gasteiger partial charge in [0, 0.05) is 12.7 Å². The van der Waals surface area contributed by atoms with Gasteiger partial charge in [-0.25, -0.2) is 0 Å². The first-order valence-electron chi connectivity index (χ1n) is 5.19. The fourth-order valence-electron chi connectivity index (χ4n) is 1.67. The third kappa shape index (κ3) is 2.71. The Bertz CT molecular complexity index is 465. The van der Waals surface area contributed by atoms with E-state index in [4.69, 9.17) is 0 Å². The second kappa shape index (κ2) is 5.27. The zero-order valence-corrected chi connectivity index (χ0v) is 10.7. The summed E-state index contributed by atoms with van der Waals surface area (Å²) in [5.41, 5.74) is 2.61. The Morgan fingerprint density at radius 1 is 1.31 bits per heavy atom. The van der Waals surface area contributed by atoms with Gasteiger partial charge < -0.3 is 5.32 Å². The summed E-state index contributed by atoms with van der Waals surface area (Å²) in [6, 6.07) is 8.41. The maximum Gasteiger partial charge on any atom is 0.0662 e. The third-order valence-corrected chi connectivity index (χ3v) is 2.83. The van der Waals surface area contributed by atoms with E-state index in [9.17, 15) is 0 Å².